The standard InChI is InChI=1S/C28H39N3O6/c1-28(2,3)37-27(35)30-24(23-14-8-5-9-15-23)16-19-31(20-22-12-6-4-7-13-22)18-11-10-17-29-26(34)36-21-25(32)33/h4-9,12-15,24H,10-11,16-21H2,1-3H3,(H,29,34)(H,30,35)(H,32,33). The molecule has 0 aliphatic carbocycles. The molecule has 0 saturated carbocycles. The third kappa shape index (κ3) is 13.3. The van der Waals surface area contributed by atoms with E-state index in [0.29, 0.717) is 19.4 Å². The monoisotopic (exact) mass is 513 g/mol. The van der Waals surface area contributed by atoms with Crippen LogP contribution < -0.4 is 10.6 Å². The van der Waals surface area contributed by atoms with Crippen molar-refractivity contribution >= 4 is 18.2 Å². The van der Waals surface area contributed by atoms with Crippen molar-refractivity contribution in [2.45, 2.75) is 58.2 Å². The van der Waals surface area contributed by atoms with Gasteiger partial charge in [-0.2, -0.15) is 0 Å². The van der Waals surface area contributed by atoms with Crippen LogP contribution in [0.15, 0.2) is 60.7 Å². The molecule has 0 radical (unpaired) electrons. The van der Waals surface area contributed by atoms with E-state index >= 15 is 0 Å². The first-order valence-electron chi connectivity index (χ1n) is 12.6. The zero-order valence-electron chi connectivity index (χ0n) is 21.9. The normalized spacial score (nSPS) is 12.0. The maximum Gasteiger partial charge on any atom is 0.408 e. The molecule has 2 aromatic carbocycles. The molecule has 37 heavy (non-hydrogen) atoms. The Hall–Kier alpha value is -3.59. The predicted molar refractivity (Wildman–Crippen MR) is 141 cm³/mol. The van der Waals surface area contributed by atoms with Crippen LogP contribution in [0.1, 0.15) is 57.2 Å². The Morgan fingerprint density at radius 1 is 0.919 bits per heavy atom. The molecule has 0 spiro atoms. The third-order valence-corrected chi connectivity index (χ3v) is 5.37. The molecule has 0 saturated heterocycles. The lowest BCUT2D eigenvalue weighted by atomic mass is 10.0. The van der Waals surface area contributed by atoms with Gasteiger partial charge in [0.1, 0.15) is 5.60 Å². The quantitative estimate of drug-likeness (QED) is 0.313. The summed E-state index contributed by atoms with van der Waals surface area (Å²) in [6.07, 6.45) is 1.04. The summed E-state index contributed by atoms with van der Waals surface area (Å²) in [5.41, 5.74) is 1.62. The Morgan fingerprint density at radius 2 is 1.57 bits per heavy atom. The Balaban J connectivity index is 1.96. The summed E-state index contributed by atoms with van der Waals surface area (Å²) in [4.78, 5) is 36.9. The van der Waals surface area contributed by atoms with E-state index in [1.54, 1.807) is 0 Å². The fourth-order valence-corrected chi connectivity index (χ4v) is 3.71. The van der Waals surface area contributed by atoms with Crippen LogP contribution in [-0.2, 0) is 20.8 Å². The number of aliphatic carboxylic acids is 1. The highest BCUT2D eigenvalue weighted by Crippen LogP contribution is 2.19. The molecule has 202 valence electrons. The van der Waals surface area contributed by atoms with Crippen LogP contribution in [0.3, 0.4) is 0 Å². The summed E-state index contributed by atoms with van der Waals surface area (Å²) in [6, 6.07) is 19.8. The molecule has 0 aliphatic rings. The van der Waals surface area contributed by atoms with Crippen molar-refractivity contribution in [3.8, 4) is 0 Å². The first-order valence-corrected chi connectivity index (χ1v) is 12.6. The van der Waals surface area contributed by atoms with Crippen LogP contribution in [0.5, 0.6) is 0 Å². The van der Waals surface area contributed by atoms with E-state index in [0.717, 1.165) is 31.6 Å². The van der Waals surface area contributed by atoms with E-state index in [9.17, 15) is 14.4 Å². The Morgan fingerprint density at radius 3 is 2.19 bits per heavy atom. The molecular formula is C28H39N3O6. The van der Waals surface area contributed by atoms with Gasteiger partial charge in [0.05, 0.1) is 6.04 Å². The van der Waals surface area contributed by atoms with E-state index in [1.807, 2.05) is 69.3 Å². The molecule has 2 amide bonds. The van der Waals surface area contributed by atoms with Gasteiger partial charge < -0.3 is 25.2 Å². The molecule has 0 fully saturated rings. The van der Waals surface area contributed by atoms with Gasteiger partial charge in [-0.3, -0.25) is 4.90 Å². The number of carboxylic acids is 1. The first-order chi connectivity index (χ1) is 17.6. The molecule has 1 atom stereocenters. The zero-order chi connectivity index (χ0) is 27.1. The van der Waals surface area contributed by atoms with E-state index in [-0.39, 0.29) is 6.04 Å². The lowest BCUT2D eigenvalue weighted by molar-refractivity contribution is -0.140. The predicted octanol–water partition coefficient (Wildman–Crippen LogP) is 4.74. The van der Waals surface area contributed by atoms with E-state index in [4.69, 9.17) is 9.84 Å². The second-order valence-electron chi connectivity index (χ2n) is 9.76. The molecule has 3 N–H and O–H groups in total. The third-order valence-electron chi connectivity index (χ3n) is 5.37. The summed E-state index contributed by atoms with van der Waals surface area (Å²) in [5.74, 6) is -1.19. The molecule has 0 aromatic heterocycles. The van der Waals surface area contributed by atoms with Crippen molar-refractivity contribution in [2.24, 2.45) is 0 Å². The SMILES string of the molecule is CC(C)(C)OC(=O)NC(CCN(CCCCNC(=O)OCC(=O)O)Cc1ccccc1)c1ccccc1. The number of amides is 2. The molecule has 0 bridgehead atoms. The average Bonchev–Trinajstić information content (AvgIpc) is 2.84. The van der Waals surface area contributed by atoms with Crippen LogP contribution in [-0.4, -0.2) is 60.0 Å². The average molecular weight is 514 g/mol. The van der Waals surface area contributed by atoms with Crippen LogP contribution in [0, 0.1) is 0 Å². The number of unbranched alkanes of at least 4 members (excludes halogenated alkanes) is 1. The van der Waals surface area contributed by atoms with Gasteiger partial charge in [-0.05, 0) is 57.7 Å². The summed E-state index contributed by atoms with van der Waals surface area (Å²) < 4.78 is 10.1. The highest BCUT2D eigenvalue weighted by Gasteiger charge is 2.21. The number of carboxylic acid groups (broad SMARTS) is 1. The largest absolute Gasteiger partial charge is 0.479 e. The second kappa shape index (κ2) is 15.5. The van der Waals surface area contributed by atoms with Gasteiger partial charge in [0.25, 0.3) is 0 Å². The number of carbonyl (C=O) groups excluding carboxylic acids is 2. The number of nitrogens with zero attached hydrogens (tertiary/aromatic N) is 1. The fraction of sp³-hybridized carbons (Fsp3) is 0.464. The van der Waals surface area contributed by atoms with Crippen LogP contribution in [0.2, 0.25) is 0 Å². The fourth-order valence-electron chi connectivity index (χ4n) is 3.71. The number of hydrogen-bond donors (Lipinski definition) is 3. The van der Waals surface area contributed by atoms with Gasteiger partial charge in [-0.15, -0.1) is 0 Å². The first kappa shape index (κ1) is 29.6. The molecular weight excluding hydrogens is 474 g/mol. The van der Waals surface area contributed by atoms with Crippen molar-refractivity contribution in [3.63, 3.8) is 0 Å². The molecule has 9 heteroatoms. The van der Waals surface area contributed by atoms with Gasteiger partial charge in [0, 0.05) is 19.6 Å². The number of nitrogens with one attached hydrogen (secondary N) is 2. The van der Waals surface area contributed by atoms with E-state index in [2.05, 4.69) is 32.4 Å². The summed E-state index contributed by atoms with van der Waals surface area (Å²) in [7, 11) is 0. The maximum absolute atomic E-state index is 12.5. The smallest absolute Gasteiger partial charge is 0.408 e. The minimum atomic E-state index is -1.19. The van der Waals surface area contributed by atoms with Crippen LogP contribution in [0.25, 0.3) is 0 Å². The molecule has 0 aliphatic heterocycles. The number of ether oxygens (including phenoxy) is 2. The minimum absolute atomic E-state index is 0.208. The molecule has 0 heterocycles. The van der Waals surface area contributed by atoms with Crippen LogP contribution in [0.4, 0.5) is 9.59 Å². The lowest BCUT2D eigenvalue weighted by Gasteiger charge is -2.27. The van der Waals surface area contributed by atoms with E-state index in [1.165, 1.54) is 5.56 Å². The number of alkyl carbamates (subject to hydrolysis) is 2. The van der Waals surface area contributed by atoms with Gasteiger partial charge in [0.15, 0.2) is 6.61 Å². The molecule has 2 rings (SSSR count). The molecule has 1 unspecified atom stereocenters. The highest BCUT2D eigenvalue weighted by atomic mass is 16.6. The van der Waals surface area contributed by atoms with Crippen molar-refractivity contribution in [1.29, 1.82) is 0 Å². The Bertz CT molecular complexity index is 963. The second-order valence-corrected chi connectivity index (χ2v) is 9.76. The Labute approximate surface area is 219 Å². The van der Waals surface area contributed by atoms with Gasteiger partial charge in [-0.25, -0.2) is 14.4 Å². The number of rotatable bonds is 14. The Kier molecular flexibility index (Phi) is 12.4. The molecule has 9 nitrogen and oxygen atoms in total. The van der Waals surface area contributed by atoms with Gasteiger partial charge in [0.2, 0.25) is 0 Å². The van der Waals surface area contributed by atoms with Crippen molar-refractivity contribution < 1.29 is 29.0 Å². The number of carbonyl (C=O) groups is 3. The summed E-state index contributed by atoms with van der Waals surface area (Å²) >= 11 is 0. The van der Waals surface area contributed by atoms with Crippen molar-refractivity contribution in [2.75, 3.05) is 26.2 Å². The minimum Gasteiger partial charge on any atom is -0.479 e. The summed E-state index contributed by atoms with van der Waals surface area (Å²) in [5, 5.41) is 14.2. The summed E-state index contributed by atoms with van der Waals surface area (Å²) in [6.45, 7) is 7.53. The van der Waals surface area contributed by atoms with Gasteiger partial charge in [-0.1, -0.05) is 60.7 Å². The number of benzene rings is 2. The number of hydrogen-bond acceptors (Lipinski definition) is 6. The van der Waals surface area contributed by atoms with Crippen molar-refractivity contribution in [1.82, 2.24) is 15.5 Å². The van der Waals surface area contributed by atoms with Gasteiger partial charge >= 0.3 is 18.2 Å². The lowest BCUT2D eigenvalue weighted by Crippen LogP contribution is -2.37. The van der Waals surface area contributed by atoms with E-state index < -0.39 is 30.4 Å². The molecule has 2 aromatic rings. The topological polar surface area (TPSA) is 117 Å². The zero-order valence-corrected chi connectivity index (χ0v) is 21.9. The maximum atomic E-state index is 12.5. The highest BCUT2D eigenvalue weighted by molar-refractivity contribution is 5.74. The van der Waals surface area contributed by atoms with Crippen molar-refractivity contribution in [3.05, 3.63) is 71.8 Å². The van der Waals surface area contributed by atoms with Crippen LogP contribution >= 0.6 is 0 Å².